The number of rotatable bonds is 8. The zero-order valence-electron chi connectivity index (χ0n) is 15.9. The van der Waals surface area contributed by atoms with E-state index in [4.69, 9.17) is 9.47 Å². The summed E-state index contributed by atoms with van der Waals surface area (Å²) in [5.74, 6) is 0.608. The van der Waals surface area contributed by atoms with Gasteiger partial charge in [-0.2, -0.15) is 0 Å². The minimum Gasteiger partial charge on any atom is -0.490 e. The largest absolute Gasteiger partial charge is 0.490 e. The number of nitrogens with zero attached hydrogens (tertiary/aromatic N) is 1. The lowest BCUT2D eigenvalue weighted by molar-refractivity contribution is -0.132. The minimum atomic E-state index is -3.83. The van der Waals surface area contributed by atoms with Gasteiger partial charge in [0.1, 0.15) is 0 Å². The Morgan fingerprint density at radius 1 is 1.26 bits per heavy atom. The molecule has 1 unspecified atom stereocenters. The summed E-state index contributed by atoms with van der Waals surface area (Å²) in [7, 11) is -3.83. The van der Waals surface area contributed by atoms with Crippen molar-refractivity contribution in [1.29, 1.82) is 0 Å². The molecular formula is C17H28ClN3O5S. The number of hydrogen-bond donors (Lipinski definition) is 2. The topological polar surface area (TPSA) is 97.0 Å². The standard InChI is InChI=1S/C17H27N3O5S.ClH/c1-4-24-15-7-6-14(10-16(15)25-5-2)26(22,23)19-12-17(21)20-9-8-18-11-13(20)3;/h6-7,10,13,18-19H,4-5,8-9,11-12H2,1-3H3;1H. The quantitative estimate of drug-likeness (QED) is 0.650. The van der Waals surface area contributed by atoms with Crippen molar-refractivity contribution in [2.75, 3.05) is 39.4 Å². The van der Waals surface area contributed by atoms with Crippen LogP contribution >= 0.6 is 12.4 Å². The highest BCUT2D eigenvalue weighted by atomic mass is 35.5. The third kappa shape index (κ3) is 6.24. The van der Waals surface area contributed by atoms with Gasteiger partial charge in [-0.1, -0.05) is 0 Å². The second kappa shape index (κ2) is 10.7. The van der Waals surface area contributed by atoms with Gasteiger partial charge in [0.05, 0.1) is 24.7 Å². The molecule has 1 aliphatic rings. The number of nitrogens with one attached hydrogen (secondary N) is 2. The second-order valence-electron chi connectivity index (χ2n) is 5.94. The van der Waals surface area contributed by atoms with Crippen molar-refractivity contribution in [3.05, 3.63) is 18.2 Å². The molecule has 1 aromatic carbocycles. The van der Waals surface area contributed by atoms with Crippen LogP contribution in [0.25, 0.3) is 0 Å². The number of piperazine rings is 1. The highest BCUT2D eigenvalue weighted by molar-refractivity contribution is 7.89. The summed E-state index contributed by atoms with van der Waals surface area (Å²) in [6.45, 7) is 8.11. The molecule has 1 fully saturated rings. The molecule has 8 nitrogen and oxygen atoms in total. The number of ether oxygens (including phenoxy) is 2. The summed E-state index contributed by atoms with van der Waals surface area (Å²) < 4.78 is 38.4. The van der Waals surface area contributed by atoms with E-state index in [1.165, 1.54) is 12.1 Å². The Labute approximate surface area is 167 Å². The predicted molar refractivity (Wildman–Crippen MR) is 105 cm³/mol. The highest BCUT2D eigenvalue weighted by Crippen LogP contribution is 2.30. The van der Waals surface area contributed by atoms with E-state index in [0.717, 1.165) is 0 Å². The maximum atomic E-state index is 12.5. The molecule has 0 aromatic heterocycles. The lowest BCUT2D eigenvalue weighted by Crippen LogP contribution is -2.54. The van der Waals surface area contributed by atoms with Crippen molar-refractivity contribution >= 4 is 28.3 Å². The van der Waals surface area contributed by atoms with Crippen molar-refractivity contribution in [2.45, 2.75) is 31.7 Å². The first-order valence-corrected chi connectivity index (χ1v) is 10.3. The summed E-state index contributed by atoms with van der Waals surface area (Å²) in [4.78, 5) is 14.0. The molecule has 0 bridgehead atoms. The molecule has 0 saturated carbocycles. The van der Waals surface area contributed by atoms with E-state index in [0.29, 0.717) is 44.3 Å². The van der Waals surface area contributed by atoms with Crippen LogP contribution in [-0.2, 0) is 14.8 Å². The van der Waals surface area contributed by atoms with Crippen molar-refractivity contribution in [3.8, 4) is 11.5 Å². The fourth-order valence-corrected chi connectivity index (χ4v) is 3.74. The van der Waals surface area contributed by atoms with Crippen LogP contribution in [0.15, 0.2) is 23.1 Å². The van der Waals surface area contributed by atoms with Gasteiger partial charge in [-0.15, -0.1) is 12.4 Å². The Morgan fingerprint density at radius 3 is 2.56 bits per heavy atom. The molecule has 0 aliphatic carbocycles. The Bertz CT molecular complexity index is 729. The first kappa shape index (κ1) is 23.5. The minimum absolute atomic E-state index is 0. The Morgan fingerprint density at radius 2 is 1.93 bits per heavy atom. The lowest BCUT2D eigenvalue weighted by atomic mass is 10.2. The van der Waals surface area contributed by atoms with Crippen LogP contribution in [0.4, 0.5) is 0 Å². The molecule has 1 saturated heterocycles. The van der Waals surface area contributed by atoms with Crippen molar-refractivity contribution in [1.82, 2.24) is 14.9 Å². The summed E-state index contributed by atoms with van der Waals surface area (Å²) in [6.07, 6.45) is 0. The van der Waals surface area contributed by atoms with Gasteiger partial charge < -0.3 is 19.7 Å². The number of sulfonamides is 1. The average molecular weight is 422 g/mol. The molecule has 1 atom stereocenters. The molecule has 0 spiro atoms. The lowest BCUT2D eigenvalue weighted by Gasteiger charge is -2.34. The monoisotopic (exact) mass is 421 g/mol. The Balaban J connectivity index is 0.00000364. The molecule has 1 amide bonds. The van der Waals surface area contributed by atoms with E-state index in [-0.39, 0.29) is 35.8 Å². The highest BCUT2D eigenvalue weighted by Gasteiger charge is 2.25. The van der Waals surface area contributed by atoms with Gasteiger partial charge in [0, 0.05) is 31.7 Å². The smallest absolute Gasteiger partial charge is 0.241 e. The van der Waals surface area contributed by atoms with E-state index in [9.17, 15) is 13.2 Å². The van der Waals surface area contributed by atoms with E-state index in [2.05, 4.69) is 10.0 Å². The number of hydrogen-bond acceptors (Lipinski definition) is 6. The number of halogens is 1. The van der Waals surface area contributed by atoms with Crippen LogP contribution in [0.1, 0.15) is 20.8 Å². The van der Waals surface area contributed by atoms with Gasteiger partial charge in [-0.3, -0.25) is 4.79 Å². The second-order valence-corrected chi connectivity index (χ2v) is 7.71. The van der Waals surface area contributed by atoms with Gasteiger partial charge in [0.15, 0.2) is 11.5 Å². The fourth-order valence-electron chi connectivity index (χ4n) is 2.75. The molecule has 154 valence electrons. The SMILES string of the molecule is CCOc1ccc(S(=O)(=O)NCC(=O)N2CCNCC2C)cc1OCC.Cl. The van der Waals surface area contributed by atoms with Crippen molar-refractivity contribution < 1.29 is 22.7 Å². The van der Waals surface area contributed by atoms with Gasteiger partial charge >= 0.3 is 0 Å². The molecular weight excluding hydrogens is 394 g/mol. The zero-order chi connectivity index (χ0) is 19.2. The Kier molecular flexibility index (Phi) is 9.31. The van der Waals surface area contributed by atoms with Crippen LogP contribution in [0, 0.1) is 0 Å². The number of amides is 1. The van der Waals surface area contributed by atoms with Gasteiger partial charge in [0.2, 0.25) is 15.9 Å². The first-order chi connectivity index (χ1) is 12.4. The maximum absolute atomic E-state index is 12.5. The molecule has 1 aromatic rings. The van der Waals surface area contributed by atoms with E-state index >= 15 is 0 Å². The van der Waals surface area contributed by atoms with Crippen molar-refractivity contribution in [3.63, 3.8) is 0 Å². The third-order valence-electron chi connectivity index (χ3n) is 4.06. The predicted octanol–water partition coefficient (Wildman–Crippen LogP) is 1.00. The van der Waals surface area contributed by atoms with Gasteiger partial charge in [-0.05, 0) is 32.9 Å². The number of carbonyl (C=O) groups is 1. The molecule has 2 rings (SSSR count). The average Bonchev–Trinajstić information content (AvgIpc) is 2.62. The third-order valence-corrected chi connectivity index (χ3v) is 5.46. The molecule has 2 N–H and O–H groups in total. The zero-order valence-corrected chi connectivity index (χ0v) is 17.5. The normalized spacial score (nSPS) is 17.1. The number of carbonyl (C=O) groups excluding carboxylic acids is 1. The van der Waals surface area contributed by atoms with Crippen LogP contribution in [0.3, 0.4) is 0 Å². The summed E-state index contributed by atoms with van der Waals surface area (Å²) in [5.41, 5.74) is 0. The van der Waals surface area contributed by atoms with Crippen LogP contribution in [0.5, 0.6) is 11.5 Å². The summed E-state index contributed by atoms with van der Waals surface area (Å²) in [5, 5.41) is 3.19. The van der Waals surface area contributed by atoms with Crippen LogP contribution in [0.2, 0.25) is 0 Å². The first-order valence-electron chi connectivity index (χ1n) is 8.78. The maximum Gasteiger partial charge on any atom is 0.241 e. The van der Waals surface area contributed by atoms with Gasteiger partial charge in [-0.25, -0.2) is 13.1 Å². The summed E-state index contributed by atoms with van der Waals surface area (Å²) in [6, 6.07) is 4.45. The van der Waals surface area contributed by atoms with E-state index < -0.39 is 10.0 Å². The van der Waals surface area contributed by atoms with E-state index in [1.807, 2.05) is 20.8 Å². The molecule has 1 aliphatic heterocycles. The van der Waals surface area contributed by atoms with Crippen LogP contribution in [-0.4, -0.2) is 64.7 Å². The summed E-state index contributed by atoms with van der Waals surface area (Å²) >= 11 is 0. The molecule has 27 heavy (non-hydrogen) atoms. The van der Waals surface area contributed by atoms with Crippen LogP contribution < -0.4 is 19.5 Å². The fraction of sp³-hybridized carbons (Fsp3) is 0.588. The van der Waals surface area contributed by atoms with Crippen molar-refractivity contribution in [2.24, 2.45) is 0 Å². The Hall–Kier alpha value is -1.55. The molecule has 1 heterocycles. The molecule has 0 radical (unpaired) electrons. The van der Waals surface area contributed by atoms with Gasteiger partial charge in [0.25, 0.3) is 0 Å². The number of benzene rings is 1. The van der Waals surface area contributed by atoms with E-state index in [1.54, 1.807) is 11.0 Å². The molecule has 10 heteroatoms.